The minimum atomic E-state index is -4.11. The summed E-state index contributed by atoms with van der Waals surface area (Å²) in [5.41, 5.74) is 0.588. The Morgan fingerprint density at radius 1 is 0.900 bits per heavy atom. The summed E-state index contributed by atoms with van der Waals surface area (Å²) in [7, 11) is -4.11. The Morgan fingerprint density at radius 2 is 1.60 bits per heavy atom. The summed E-state index contributed by atoms with van der Waals surface area (Å²) in [4.78, 5) is 24.1. The number of rotatable bonds is 8. The number of Topliss-reactive ketones (excluding diaryl/α,β-unsaturated/α-hetero) is 1. The van der Waals surface area contributed by atoms with Crippen molar-refractivity contribution >= 4 is 44.4 Å². The van der Waals surface area contributed by atoms with Crippen LogP contribution in [0.5, 0.6) is 0 Å². The maximum absolute atomic E-state index is 13.3. The maximum atomic E-state index is 13.3. The van der Waals surface area contributed by atoms with Crippen molar-refractivity contribution in [2.45, 2.75) is 17.7 Å². The Kier molecular flexibility index (Phi) is 6.58. The largest absolute Gasteiger partial charge is 0.326 e. The van der Waals surface area contributed by atoms with Gasteiger partial charge in [-0.15, -0.1) is 11.3 Å². The maximum Gasteiger partial charge on any atom is 0.261 e. The summed E-state index contributed by atoms with van der Waals surface area (Å²) in [6.07, 6.45) is 0.0969. The number of thiophene rings is 1. The molecule has 0 aliphatic rings. The molecule has 0 atom stereocenters. The molecule has 156 valence electrons. The third kappa shape index (κ3) is 5.49. The summed E-state index contributed by atoms with van der Waals surface area (Å²) in [6.45, 7) is 0. The highest BCUT2D eigenvalue weighted by Crippen LogP contribution is 2.20. The van der Waals surface area contributed by atoms with Crippen molar-refractivity contribution in [3.8, 4) is 0 Å². The number of hydrogen-bond donors (Lipinski definition) is 2. The van der Waals surface area contributed by atoms with Gasteiger partial charge in [0.15, 0.2) is 17.4 Å². The summed E-state index contributed by atoms with van der Waals surface area (Å²) >= 11 is 1.32. The molecule has 10 heteroatoms. The fourth-order valence-corrected chi connectivity index (χ4v) is 4.26. The monoisotopic (exact) mass is 450 g/mol. The second kappa shape index (κ2) is 9.14. The quantitative estimate of drug-likeness (QED) is 0.497. The molecule has 0 aliphatic carbocycles. The lowest BCUT2D eigenvalue weighted by atomic mass is 10.2. The van der Waals surface area contributed by atoms with Gasteiger partial charge in [0.2, 0.25) is 5.91 Å². The van der Waals surface area contributed by atoms with Crippen LogP contribution in [0.4, 0.5) is 20.2 Å². The number of amides is 1. The Balaban J connectivity index is 1.57. The number of halogens is 2. The van der Waals surface area contributed by atoms with E-state index in [-0.39, 0.29) is 30.2 Å². The van der Waals surface area contributed by atoms with E-state index in [0.29, 0.717) is 16.6 Å². The zero-order valence-electron chi connectivity index (χ0n) is 15.4. The minimum absolute atomic E-state index is 0.0151. The molecular formula is C20H16F2N2O4S2. The van der Waals surface area contributed by atoms with Gasteiger partial charge in [-0.3, -0.25) is 14.3 Å². The predicted molar refractivity (Wildman–Crippen MR) is 110 cm³/mol. The van der Waals surface area contributed by atoms with Crippen LogP contribution >= 0.6 is 11.3 Å². The average molecular weight is 450 g/mol. The smallest absolute Gasteiger partial charge is 0.261 e. The van der Waals surface area contributed by atoms with Crippen molar-refractivity contribution in [3.05, 3.63) is 76.5 Å². The topological polar surface area (TPSA) is 92.3 Å². The molecular weight excluding hydrogens is 434 g/mol. The van der Waals surface area contributed by atoms with Crippen LogP contribution in [0.15, 0.2) is 64.9 Å². The van der Waals surface area contributed by atoms with Crippen LogP contribution in [-0.4, -0.2) is 20.1 Å². The molecule has 0 bridgehead atoms. The van der Waals surface area contributed by atoms with E-state index in [1.54, 1.807) is 17.5 Å². The molecule has 0 aliphatic heterocycles. The van der Waals surface area contributed by atoms with Gasteiger partial charge in [-0.1, -0.05) is 6.07 Å². The summed E-state index contributed by atoms with van der Waals surface area (Å²) in [5.74, 6) is -2.88. The van der Waals surface area contributed by atoms with Gasteiger partial charge in [-0.2, -0.15) is 0 Å². The molecule has 1 aromatic heterocycles. The first-order chi connectivity index (χ1) is 14.2. The van der Waals surface area contributed by atoms with Crippen LogP contribution in [-0.2, 0) is 14.8 Å². The molecule has 0 spiro atoms. The zero-order valence-corrected chi connectivity index (χ0v) is 17.0. The predicted octanol–water partition coefficient (Wildman–Crippen LogP) is 4.43. The van der Waals surface area contributed by atoms with Gasteiger partial charge in [0.25, 0.3) is 10.0 Å². The van der Waals surface area contributed by atoms with E-state index < -0.39 is 26.6 Å². The lowest BCUT2D eigenvalue weighted by Crippen LogP contribution is -2.14. The number of ketones is 1. The first-order valence-corrected chi connectivity index (χ1v) is 11.1. The van der Waals surface area contributed by atoms with Gasteiger partial charge < -0.3 is 5.32 Å². The van der Waals surface area contributed by atoms with Gasteiger partial charge in [0, 0.05) is 24.2 Å². The van der Waals surface area contributed by atoms with Gasteiger partial charge in [0.05, 0.1) is 9.77 Å². The minimum Gasteiger partial charge on any atom is -0.326 e. The van der Waals surface area contributed by atoms with E-state index in [2.05, 4.69) is 10.0 Å². The first-order valence-electron chi connectivity index (χ1n) is 8.69. The molecule has 0 fully saturated rings. The molecule has 0 unspecified atom stereocenters. The van der Waals surface area contributed by atoms with Gasteiger partial charge in [-0.25, -0.2) is 17.2 Å². The molecule has 3 aromatic rings. The molecule has 0 radical (unpaired) electrons. The molecule has 2 aromatic carbocycles. The highest BCUT2D eigenvalue weighted by atomic mass is 32.2. The third-order valence-electron chi connectivity index (χ3n) is 4.00. The van der Waals surface area contributed by atoms with Gasteiger partial charge in [0.1, 0.15) is 0 Å². The average Bonchev–Trinajstić information content (AvgIpc) is 3.24. The molecule has 3 rings (SSSR count). The Hall–Kier alpha value is -3.11. The van der Waals surface area contributed by atoms with Crippen LogP contribution in [0.3, 0.4) is 0 Å². The highest BCUT2D eigenvalue weighted by molar-refractivity contribution is 7.92. The van der Waals surface area contributed by atoms with E-state index in [9.17, 15) is 26.8 Å². The van der Waals surface area contributed by atoms with Crippen LogP contribution in [0.25, 0.3) is 0 Å². The number of carbonyl (C=O) groups excluding carboxylic acids is 2. The number of hydrogen-bond acceptors (Lipinski definition) is 5. The standard InChI is InChI=1S/C20H16F2N2O4S2/c21-16-8-7-15(12-17(16)22)30(27,28)24-14-5-3-13(4-6-14)23-20(26)10-9-18(25)19-2-1-11-29-19/h1-8,11-12,24H,9-10H2,(H,23,26). The van der Waals surface area contributed by atoms with E-state index in [1.165, 1.54) is 35.6 Å². The van der Waals surface area contributed by atoms with Crippen LogP contribution in [0.2, 0.25) is 0 Å². The summed E-state index contributed by atoms with van der Waals surface area (Å²) < 4.78 is 53.1. The van der Waals surface area contributed by atoms with E-state index in [0.717, 1.165) is 12.1 Å². The molecule has 1 heterocycles. The molecule has 0 saturated carbocycles. The Bertz CT molecular complexity index is 1160. The zero-order chi connectivity index (χ0) is 21.7. The fraction of sp³-hybridized carbons (Fsp3) is 0.100. The van der Waals surface area contributed by atoms with Crippen molar-refractivity contribution in [3.63, 3.8) is 0 Å². The van der Waals surface area contributed by atoms with Crippen molar-refractivity contribution in [1.82, 2.24) is 0 Å². The van der Waals surface area contributed by atoms with Crippen molar-refractivity contribution in [2.75, 3.05) is 10.0 Å². The highest BCUT2D eigenvalue weighted by Gasteiger charge is 2.17. The fourth-order valence-electron chi connectivity index (χ4n) is 2.49. The van der Waals surface area contributed by atoms with Crippen LogP contribution in [0, 0.1) is 11.6 Å². The molecule has 0 saturated heterocycles. The number of carbonyl (C=O) groups is 2. The normalized spacial score (nSPS) is 11.1. The Morgan fingerprint density at radius 3 is 2.23 bits per heavy atom. The molecule has 30 heavy (non-hydrogen) atoms. The van der Waals surface area contributed by atoms with E-state index in [1.807, 2.05) is 0 Å². The third-order valence-corrected chi connectivity index (χ3v) is 6.29. The second-order valence-corrected chi connectivity index (χ2v) is 8.84. The lowest BCUT2D eigenvalue weighted by molar-refractivity contribution is -0.116. The summed E-state index contributed by atoms with van der Waals surface area (Å²) in [6, 6.07) is 11.5. The van der Waals surface area contributed by atoms with E-state index >= 15 is 0 Å². The SMILES string of the molecule is O=C(CCC(=O)c1cccs1)Nc1ccc(NS(=O)(=O)c2ccc(F)c(F)c2)cc1. The number of benzene rings is 2. The van der Waals surface area contributed by atoms with Crippen LogP contribution in [0.1, 0.15) is 22.5 Å². The molecule has 6 nitrogen and oxygen atoms in total. The van der Waals surface area contributed by atoms with Gasteiger partial charge >= 0.3 is 0 Å². The van der Waals surface area contributed by atoms with E-state index in [4.69, 9.17) is 0 Å². The number of anilines is 2. The van der Waals surface area contributed by atoms with Crippen molar-refractivity contribution < 1.29 is 26.8 Å². The number of nitrogens with one attached hydrogen (secondary N) is 2. The molecule has 2 N–H and O–H groups in total. The lowest BCUT2D eigenvalue weighted by Gasteiger charge is -2.10. The van der Waals surface area contributed by atoms with Crippen molar-refractivity contribution in [2.24, 2.45) is 0 Å². The first kappa shape index (κ1) is 21.6. The van der Waals surface area contributed by atoms with Crippen LogP contribution < -0.4 is 10.0 Å². The van der Waals surface area contributed by atoms with Gasteiger partial charge in [-0.05, 0) is 53.9 Å². The number of sulfonamides is 1. The summed E-state index contributed by atoms with van der Waals surface area (Å²) in [5, 5.41) is 4.41. The Labute approximate surface area is 175 Å². The second-order valence-electron chi connectivity index (χ2n) is 6.21. The molecule has 1 amide bonds. The van der Waals surface area contributed by atoms with Crippen molar-refractivity contribution in [1.29, 1.82) is 0 Å².